The van der Waals surface area contributed by atoms with Crippen molar-refractivity contribution < 1.29 is 4.39 Å². The Morgan fingerprint density at radius 2 is 1.69 bits per heavy atom. The number of anilines is 1. The van der Waals surface area contributed by atoms with E-state index in [1.165, 1.54) is 6.07 Å². The number of nitrogens with one attached hydrogen (secondary N) is 1. The van der Waals surface area contributed by atoms with Gasteiger partial charge in [-0.3, -0.25) is 0 Å². The van der Waals surface area contributed by atoms with Crippen LogP contribution < -0.4 is 5.32 Å². The van der Waals surface area contributed by atoms with Gasteiger partial charge in [0.1, 0.15) is 5.82 Å². The molecule has 0 radical (unpaired) electrons. The first-order chi connectivity index (χ1) is 7.77. The molecular formula is C13H11BrFN. The van der Waals surface area contributed by atoms with E-state index < -0.39 is 0 Å². The summed E-state index contributed by atoms with van der Waals surface area (Å²) >= 11 is 3.43. The zero-order chi connectivity index (χ0) is 11.4. The Labute approximate surface area is 102 Å². The van der Waals surface area contributed by atoms with Crippen LogP contribution in [0, 0.1) is 5.82 Å². The second-order valence-corrected chi connectivity index (χ2v) is 4.28. The van der Waals surface area contributed by atoms with Gasteiger partial charge < -0.3 is 5.32 Å². The molecule has 82 valence electrons. The number of para-hydroxylation sites is 1. The van der Waals surface area contributed by atoms with Crippen LogP contribution >= 0.6 is 15.9 Å². The highest BCUT2D eigenvalue weighted by molar-refractivity contribution is 9.10. The van der Waals surface area contributed by atoms with Crippen molar-refractivity contribution >= 4 is 21.6 Å². The molecule has 0 bridgehead atoms. The molecule has 3 heteroatoms. The van der Waals surface area contributed by atoms with E-state index in [1.54, 1.807) is 12.1 Å². The summed E-state index contributed by atoms with van der Waals surface area (Å²) in [6.07, 6.45) is 0. The summed E-state index contributed by atoms with van der Waals surface area (Å²) in [6, 6.07) is 14.6. The van der Waals surface area contributed by atoms with Crippen molar-refractivity contribution in [2.24, 2.45) is 0 Å². The molecule has 0 aromatic heterocycles. The summed E-state index contributed by atoms with van der Waals surface area (Å²) in [4.78, 5) is 0. The van der Waals surface area contributed by atoms with Crippen molar-refractivity contribution in [3.05, 3.63) is 64.4 Å². The summed E-state index contributed by atoms with van der Waals surface area (Å²) in [5.74, 6) is -0.179. The topological polar surface area (TPSA) is 12.0 Å². The minimum absolute atomic E-state index is 0.179. The minimum atomic E-state index is -0.179. The van der Waals surface area contributed by atoms with E-state index in [9.17, 15) is 4.39 Å². The van der Waals surface area contributed by atoms with E-state index in [1.807, 2.05) is 30.3 Å². The Hall–Kier alpha value is -1.35. The first-order valence-electron chi connectivity index (χ1n) is 4.99. The summed E-state index contributed by atoms with van der Waals surface area (Å²) in [5, 5.41) is 3.18. The highest BCUT2D eigenvalue weighted by Gasteiger charge is 2.01. The Kier molecular flexibility index (Phi) is 3.57. The van der Waals surface area contributed by atoms with Gasteiger partial charge in [0, 0.05) is 22.3 Å². The Morgan fingerprint density at radius 1 is 1.00 bits per heavy atom. The molecule has 0 saturated carbocycles. The van der Waals surface area contributed by atoms with Crippen molar-refractivity contribution in [1.29, 1.82) is 0 Å². The van der Waals surface area contributed by atoms with Gasteiger partial charge in [-0.1, -0.05) is 30.3 Å². The number of hydrogen-bond acceptors (Lipinski definition) is 1. The molecule has 0 heterocycles. The summed E-state index contributed by atoms with van der Waals surface area (Å²) in [7, 11) is 0. The predicted octanol–water partition coefficient (Wildman–Crippen LogP) is 4.20. The van der Waals surface area contributed by atoms with Gasteiger partial charge >= 0.3 is 0 Å². The molecule has 0 atom stereocenters. The van der Waals surface area contributed by atoms with Crippen LogP contribution in [-0.4, -0.2) is 0 Å². The highest BCUT2D eigenvalue weighted by atomic mass is 79.9. The van der Waals surface area contributed by atoms with Crippen LogP contribution in [0.5, 0.6) is 0 Å². The van der Waals surface area contributed by atoms with Gasteiger partial charge in [0.25, 0.3) is 0 Å². The molecule has 1 N–H and O–H groups in total. The van der Waals surface area contributed by atoms with E-state index in [2.05, 4.69) is 21.2 Å². The molecule has 0 amide bonds. The van der Waals surface area contributed by atoms with Gasteiger partial charge in [-0.05, 0) is 34.1 Å². The Morgan fingerprint density at radius 3 is 2.44 bits per heavy atom. The normalized spacial score (nSPS) is 10.1. The number of benzene rings is 2. The van der Waals surface area contributed by atoms with Crippen LogP contribution in [-0.2, 0) is 6.54 Å². The van der Waals surface area contributed by atoms with Crippen molar-refractivity contribution in [2.75, 3.05) is 5.32 Å². The number of halogens is 2. The number of rotatable bonds is 3. The molecule has 0 saturated heterocycles. The molecule has 0 unspecified atom stereocenters. The lowest BCUT2D eigenvalue weighted by molar-refractivity contribution is 0.613. The van der Waals surface area contributed by atoms with Crippen LogP contribution in [0.3, 0.4) is 0 Å². The van der Waals surface area contributed by atoms with Crippen LogP contribution in [0.2, 0.25) is 0 Å². The molecule has 0 aliphatic rings. The van der Waals surface area contributed by atoms with Gasteiger partial charge in [-0.2, -0.15) is 0 Å². The Balaban J connectivity index is 2.09. The van der Waals surface area contributed by atoms with Gasteiger partial charge in [0.2, 0.25) is 0 Å². The zero-order valence-electron chi connectivity index (χ0n) is 8.58. The quantitative estimate of drug-likeness (QED) is 0.888. The summed E-state index contributed by atoms with van der Waals surface area (Å²) in [6.45, 7) is 0.481. The molecule has 2 rings (SSSR count). The predicted molar refractivity (Wildman–Crippen MR) is 67.9 cm³/mol. The van der Waals surface area contributed by atoms with Crippen LogP contribution in [0.4, 0.5) is 10.1 Å². The average Bonchev–Trinajstić information content (AvgIpc) is 2.30. The second-order valence-electron chi connectivity index (χ2n) is 3.42. The van der Waals surface area contributed by atoms with E-state index in [0.29, 0.717) is 12.1 Å². The second kappa shape index (κ2) is 5.12. The lowest BCUT2D eigenvalue weighted by Crippen LogP contribution is -2.01. The maximum absolute atomic E-state index is 13.3. The molecule has 2 aromatic rings. The van der Waals surface area contributed by atoms with Crippen LogP contribution in [0.25, 0.3) is 0 Å². The maximum Gasteiger partial charge on any atom is 0.128 e. The average molecular weight is 280 g/mol. The number of hydrogen-bond donors (Lipinski definition) is 1. The monoisotopic (exact) mass is 279 g/mol. The molecule has 0 fully saturated rings. The third-order valence-electron chi connectivity index (χ3n) is 2.30. The fourth-order valence-corrected chi connectivity index (χ4v) is 1.86. The Bertz CT molecular complexity index is 439. The third-order valence-corrected chi connectivity index (χ3v) is 2.99. The summed E-state index contributed by atoms with van der Waals surface area (Å²) in [5.41, 5.74) is 1.63. The smallest absolute Gasteiger partial charge is 0.128 e. The first kappa shape index (κ1) is 11.1. The van der Waals surface area contributed by atoms with E-state index in [4.69, 9.17) is 0 Å². The van der Waals surface area contributed by atoms with Crippen molar-refractivity contribution in [1.82, 2.24) is 0 Å². The fourth-order valence-electron chi connectivity index (χ4n) is 1.44. The molecule has 0 aliphatic heterocycles. The fraction of sp³-hybridized carbons (Fsp3) is 0.0769. The van der Waals surface area contributed by atoms with Gasteiger partial charge in [-0.25, -0.2) is 4.39 Å². The molecular weight excluding hydrogens is 269 g/mol. The molecule has 0 spiro atoms. The molecule has 0 aliphatic carbocycles. The zero-order valence-corrected chi connectivity index (χ0v) is 10.2. The third kappa shape index (κ3) is 2.61. The molecule has 2 aromatic carbocycles. The maximum atomic E-state index is 13.3. The van der Waals surface area contributed by atoms with Crippen molar-refractivity contribution in [3.63, 3.8) is 0 Å². The van der Waals surface area contributed by atoms with E-state index >= 15 is 0 Å². The van der Waals surface area contributed by atoms with Gasteiger partial charge in [-0.15, -0.1) is 0 Å². The molecule has 16 heavy (non-hydrogen) atoms. The summed E-state index contributed by atoms with van der Waals surface area (Å²) < 4.78 is 14.3. The van der Waals surface area contributed by atoms with Crippen LogP contribution in [0.1, 0.15) is 5.56 Å². The van der Waals surface area contributed by atoms with E-state index in [-0.39, 0.29) is 5.82 Å². The standard InChI is InChI=1S/C13H11BrFN/c14-11-6-2-4-8-13(11)16-9-10-5-1-3-7-12(10)15/h1-8,16H,9H2. The lowest BCUT2D eigenvalue weighted by atomic mass is 10.2. The van der Waals surface area contributed by atoms with Crippen molar-refractivity contribution in [3.8, 4) is 0 Å². The van der Waals surface area contributed by atoms with Crippen molar-refractivity contribution in [2.45, 2.75) is 6.54 Å². The highest BCUT2D eigenvalue weighted by Crippen LogP contribution is 2.22. The lowest BCUT2D eigenvalue weighted by Gasteiger charge is -2.08. The van der Waals surface area contributed by atoms with Crippen LogP contribution in [0.15, 0.2) is 53.0 Å². The van der Waals surface area contributed by atoms with E-state index in [0.717, 1.165) is 10.2 Å². The largest absolute Gasteiger partial charge is 0.380 e. The van der Waals surface area contributed by atoms with Gasteiger partial charge in [0.05, 0.1) is 0 Å². The minimum Gasteiger partial charge on any atom is -0.380 e. The SMILES string of the molecule is Fc1ccccc1CNc1ccccc1Br. The molecule has 1 nitrogen and oxygen atoms in total. The first-order valence-corrected chi connectivity index (χ1v) is 5.78. The van der Waals surface area contributed by atoms with Gasteiger partial charge in [0.15, 0.2) is 0 Å².